The lowest BCUT2D eigenvalue weighted by atomic mass is 9.81. The molecule has 4 nitrogen and oxygen atoms in total. The minimum atomic E-state index is -0.451. The topological polar surface area (TPSA) is 64.4 Å². The number of carbonyl (C=O) groups is 1. The third-order valence-corrected chi connectivity index (χ3v) is 4.08. The first-order valence-electron chi connectivity index (χ1n) is 7.70. The molecule has 1 amide bonds. The second kappa shape index (κ2) is 8.80. The molecular formula is C17H28N2O2. The average molecular weight is 292 g/mol. The molecule has 0 fully saturated rings. The fraction of sp³-hybridized carbons (Fsp3) is 0.588. The molecule has 0 aliphatic carbocycles. The van der Waals surface area contributed by atoms with Gasteiger partial charge in [0.05, 0.1) is 18.6 Å². The van der Waals surface area contributed by atoms with Crippen molar-refractivity contribution in [3.63, 3.8) is 0 Å². The van der Waals surface area contributed by atoms with Crippen LogP contribution in [0.2, 0.25) is 0 Å². The van der Waals surface area contributed by atoms with Crippen molar-refractivity contribution in [1.82, 2.24) is 5.32 Å². The number of rotatable bonds is 9. The van der Waals surface area contributed by atoms with Gasteiger partial charge >= 0.3 is 0 Å². The number of ether oxygens (including phenoxy) is 1. The van der Waals surface area contributed by atoms with Gasteiger partial charge in [0.1, 0.15) is 0 Å². The summed E-state index contributed by atoms with van der Waals surface area (Å²) in [6.07, 6.45) is 1.51. The predicted molar refractivity (Wildman–Crippen MR) is 85.8 cm³/mol. The number of hydrogen-bond donors (Lipinski definition) is 2. The summed E-state index contributed by atoms with van der Waals surface area (Å²) in [6.45, 7) is 7.40. The molecule has 3 N–H and O–H groups in total. The molecule has 0 saturated carbocycles. The fourth-order valence-electron chi connectivity index (χ4n) is 2.30. The Morgan fingerprint density at radius 3 is 2.43 bits per heavy atom. The van der Waals surface area contributed by atoms with Gasteiger partial charge < -0.3 is 15.8 Å². The highest BCUT2D eigenvalue weighted by Crippen LogP contribution is 2.25. The van der Waals surface area contributed by atoms with Crippen molar-refractivity contribution in [2.45, 2.75) is 46.3 Å². The molecule has 0 aromatic heterocycles. The number of carbonyl (C=O) groups excluding carboxylic acids is 1. The number of amides is 1. The van der Waals surface area contributed by atoms with Crippen LogP contribution in [0.1, 0.15) is 39.2 Å². The molecule has 1 atom stereocenters. The van der Waals surface area contributed by atoms with Crippen molar-refractivity contribution in [2.24, 2.45) is 11.1 Å². The highest BCUT2D eigenvalue weighted by Gasteiger charge is 2.33. The Bertz CT molecular complexity index is 408. The van der Waals surface area contributed by atoms with E-state index < -0.39 is 5.41 Å². The largest absolute Gasteiger partial charge is 0.375 e. The van der Waals surface area contributed by atoms with E-state index in [2.05, 4.69) is 5.32 Å². The van der Waals surface area contributed by atoms with E-state index in [1.165, 1.54) is 0 Å². The Balaban J connectivity index is 2.39. The van der Waals surface area contributed by atoms with Crippen LogP contribution >= 0.6 is 0 Å². The van der Waals surface area contributed by atoms with E-state index in [1.54, 1.807) is 0 Å². The summed E-state index contributed by atoms with van der Waals surface area (Å²) >= 11 is 0. The van der Waals surface area contributed by atoms with E-state index in [1.807, 2.05) is 51.1 Å². The number of hydrogen-bond acceptors (Lipinski definition) is 3. The van der Waals surface area contributed by atoms with E-state index in [0.29, 0.717) is 19.8 Å². The number of nitrogens with two attached hydrogens (primary N) is 1. The quantitative estimate of drug-likeness (QED) is 0.735. The minimum absolute atomic E-state index is 0.0229. The zero-order chi connectivity index (χ0) is 15.7. The van der Waals surface area contributed by atoms with Gasteiger partial charge in [0.25, 0.3) is 0 Å². The van der Waals surface area contributed by atoms with Crippen LogP contribution in [0.3, 0.4) is 0 Å². The summed E-state index contributed by atoms with van der Waals surface area (Å²) < 4.78 is 5.65. The van der Waals surface area contributed by atoms with Crippen molar-refractivity contribution in [2.75, 3.05) is 13.2 Å². The number of nitrogens with one attached hydrogen (secondary N) is 1. The highest BCUT2D eigenvalue weighted by atomic mass is 16.5. The second-order valence-corrected chi connectivity index (χ2v) is 5.57. The Hall–Kier alpha value is -1.39. The first-order chi connectivity index (χ1) is 10.1. The van der Waals surface area contributed by atoms with Crippen LogP contribution < -0.4 is 11.1 Å². The van der Waals surface area contributed by atoms with Crippen molar-refractivity contribution in [3.05, 3.63) is 35.9 Å². The molecule has 0 saturated heterocycles. The van der Waals surface area contributed by atoms with Crippen LogP contribution in [0.25, 0.3) is 0 Å². The maximum absolute atomic E-state index is 12.4. The Labute approximate surface area is 128 Å². The molecule has 1 rings (SSSR count). The van der Waals surface area contributed by atoms with Crippen LogP contribution in [-0.4, -0.2) is 25.1 Å². The molecule has 0 aliphatic heterocycles. The monoisotopic (exact) mass is 292 g/mol. The van der Waals surface area contributed by atoms with Gasteiger partial charge in [-0.25, -0.2) is 0 Å². The number of benzene rings is 1. The smallest absolute Gasteiger partial charge is 0.227 e. The van der Waals surface area contributed by atoms with E-state index in [9.17, 15) is 4.79 Å². The van der Waals surface area contributed by atoms with Crippen molar-refractivity contribution in [1.29, 1.82) is 0 Å². The molecule has 0 heterocycles. The normalized spacial score (nSPS) is 13.0. The van der Waals surface area contributed by atoms with Gasteiger partial charge in [-0.05, 0) is 25.3 Å². The maximum atomic E-state index is 12.4. The molecule has 0 spiro atoms. The summed E-state index contributed by atoms with van der Waals surface area (Å²) in [5.74, 6) is 0.0332. The van der Waals surface area contributed by atoms with Crippen LogP contribution in [0.15, 0.2) is 30.3 Å². The summed E-state index contributed by atoms with van der Waals surface area (Å²) in [5, 5.41) is 3.02. The van der Waals surface area contributed by atoms with Gasteiger partial charge in [-0.1, -0.05) is 44.2 Å². The van der Waals surface area contributed by atoms with E-state index in [4.69, 9.17) is 10.5 Å². The summed E-state index contributed by atoms with van der Waals surface area (Å²) in [6, 6.07) is 9.98. The molecule has 118 valence electrons. The van der Waals surface area contributed by atoms with Gasteiger partial charge in [-0.2, -0.15) is 0 Å². The van der Waals surface area contributed by atoms with E-state index >= 15 is 0 Å². The van der Waals surface area contributed by atoms with E-state index in [0.717, 1.165) is 18.4 Å². The Morgan fingerprint density at radius 2 is 1.90 bits per heavy atom. The first kappa shape index (κ1) is 17.7. The maximum Gasteiger partial charge on any atom is 0.227 e. The summed E-state index contributed by atoms with van der Waals surface area (Å²) in [7, 11) is 0. The molecule has 21 heavy (non-hydrogen) atoms. The van der Waals surface area contributed by atoms with Gasteiger partial charge in [-0.3, -0.25) is 4.79 Å². The van der Waals surface area contributed by atoms with Gasteiger partial charge in [0.2, 0.25) is 5.91 Å². The fourth-order valence-corrected chi connectivity index (χ4v) is 2.30. The molecule has 1 unspecified atom stereocenters. The van der Waals surface area contributed by atoms with Crippen LogP contribution in [0.5, 0.6) is 0 Å². The minimum Gasteiger partial charge on any atom is -0.375 e. The summed E-state index contributed by atoms with van der Waals surface area (Å²) in [4.78, 5) is 12.4. The van der Waals surface area contributed by atoms with Crippen molar-refractivity contribution < 1.29 is 9.53 Å². The molecule has 0 aliphatic rings. The first-order valence-corrected chi connectivity index (χ1v) is 7.70. The van der Waals surface area contributed by atoms with Crippen LogP contribution in [0.4, 0.5) is 0 Å². The van der Waals surface area contributed by atoms with Gasteiger partial charge in [0.15, 0.2) is 0 Å². The van der Waals surface area contributed by atoms with Gasteiger partial charge in [0, 0.05) is 12.6 Å². The lowest BCUT2D eigenvalue weighted by Crippen LogP contribution is -2.49. The average Bonchev–Trinajstić information content (AvgIpc) is 2.50. The zero-order valence-corrected chi connectivity index (χ0v) is 13.4. The Kier molecular flexibility index (Phi) is 7.40. The second-order valence-electron chi connectivity index (χ2n) is 5.57. The zero-order valence-electron chi connectivity index (χ0n) is 13.4. The molecule has 0 bridgehead atoms. The SMILES string of the molecule is CCC(CC)(CN)C(=O)NC(C)COCc1ccccc1. The van der Waals surface area contributed by atoms with Crippen molar-refractivity contribution in [3.8, 4) is 0 Å². The summed E-state index contributed by atoms with van der Waals surface area (Å²) in [5.41, 5.74) is 6.47. The standard InChI is InChI=1S/C17H28N2O2/c1-4-17(5-2,13-18)16(20)19-14(3)11-21-12-15-9-7-6-8-10-15/h6-10,14H,4-5,11-13,18H2,1-3H3,(H,19,20). The molecule has 0 radical (unpaired) electrons. The highest BCUT2D eigenvalue weighted by molar-refractivity contribution is 5.83. The molecule has 4 heteroatoms. The van der Waals surface area contributed by atoms with Crippen LogP contribution in [0, 0.1) is 5.41 Å². The molecular weight excluding hydrogens is 264 g/mol. The van der Waals surface area contributed by atoms with E-state index in [-0.39, 0.29) is 11.9 Å². The lowest BCUT2D eigenvalue weighted by molar-refractivity contribution is -0.132. The lowest BCUT2D eigenvalue weighted by Gasteiger charge is -2.30. The molecule has 1 aromatic carbocycles. The Morgan fingerprint density at radius 1 is 1.29 bits per heavy atom. The van der Waals surface area contributed by atoms with Crippen LogP contribution in [-0.2, 0) is 16.1 Å². The predicted octanol–water partition coefficient (Wildman–Crippen LogP) is 2.47. The molecule has 1 aromatic rings. The van der Waals surface area contributed by atoms with Crippen molar-refractivity contribution >= 4 is 5.91 Å². The third kappa shape index (κ3) is 5.14. The third-order valence-electron chi connectivity index (χ3n) is 4.08. The van der Waals surface area contributed by atoms with Gasteiger partial charge in [-0.15, -0.1) is 0 Å².